The van der Waals surface area contributed by atoms with Crippen molar-refractivity contribution in [1.29, 1.82) is 0 Å². The van der Waals surface area contributed by atoms with E-state index in [9.17, 15) is 18.0 Å². The predicted molar refractivity (Wildman–Crippen MR) is 83.5 cm³/mol. The molecule has 4 nitrogen and oxygen atoms in total. The van der Waals surface area contributed by atoms with Gasteiger partial charge in [0, 0.05) is 18.2 Å². The van der Waals surface area contributed by atoms with E-state index >= 15 is 0 Å². The van der Waals surface area contributed by atoms with Crippen LogP contribution in [0, 0.1) is 17.5 Å². The number of hydrogen-bond acceptors (Lipinski definition) is 3. The van der Waals surface area contributed by atoms with Crippen molar-refractivity contribution in [3.05, 3.63) is 59.4 Å². The van der Waals surface area contributed by atoms with E-state index in [4.69, 9.17) is 9.47 Å². The van der Waals surface area contributed by atoms with E-state index in [0.29, 0.717) is 29.2 Å². The van der Waals surface area contributed by atoms with Crippen LogP contribution in [0.3, 0.4) is 0 Å². The van der Waals surface area contributed by atoms with Crippen molar-refractivity contribution >= 4 is 17.7 Å². The van der Waals surface area contributed by atoms with Crippen LogP contribution < -0.4 is 14.8 Å². The lowest BCUT2D eigenvalue weighted by Gasteiger charge is -2.07. The van der Waals surface area contributed by atoms with Crippen molar-refractivity contribution in [2.24, 2.45) is 0 Å². The number of carbonyl (C=O) groups is 1. The average Bonchev–Trinajstić information content (AvgIpc) is 2.57. The molecule has 126 valence electrons. The van der Waals surface area contributed by atoms with Gasteiger partial charge in [-0.3, -0.25) is 4.79 Å². The van der Waals surface area contributed by atoms with E-state index in [1.807, 2.05) is 0 Å². The van der Waals surface area contributed by atoms with Crippen molar-refractivity contribution in [2.75, 3.05) is 19.5 Å². The number of halogens is 3. The molecule has 2 aromatic carbocycles. The predicted octanol–water partition coefficient (Wildman–Crippen LogP) is 3.77. The zero-order valence-corrected chi connectivity index (χ0v) is 12.9. The summed E-state index contributed by atoms with van der Waals surface area (Å²) in [5.41, 5.74) is 0.185. The van der Waals surface area contributed by atoms with Gasteiger partial charge < -0.3 is 14.8 Å². The van der Waals surface area contributed by atoms with Gasteiger partial charge in [-0.15, -0.1) is 0 Å². The van der Waals surface area contributed by atoms with Crippen LogP contribution >= 0.6 is 0 Å². The summed E-state index contributed by atoms with van der Waals surface area (Å²) in [5, 5.41) is 2.14. The smallest absolute Gasteiger partial charge is 0.248 e. The standard InChI is InChI=1S/C17H14F3NO3/c1-23-15-5-3-10(7-16(15)24-2)4-6-17(22)21-14-9-12(19)11(18)8-13(14)20/h3-9H,1-2H3,(H,21,22). The number of nitrogens with one attached hydrogen (secondary N) is 1. The van der Waals surface area contributed by atoms with Gasteiger partial charge in [-0.05, 0) is 23.8 Å². The minimum atomic E-state index is -1.33. The zero-order chi connectivity index (χ0) is 17.7. The maximum absolute atomic E-state index is 13.5. The molecule has 0 spiro atoms. The highest BCUT2D eigenvalue weighted by molar-refractivity contribution is 6.02. The summed E-state index contributed by atoms with van der Waals surface area (Å²) in [7, 11) is 2.97. The summed E-state index contributed by atoms with van der Waals surface area (Å²) in [6, 6.07) is 5.92. The Labute approximate surface area is 136 Å². The number of carbonyl (C=O) groups excluding carboxylic acids is 1. The molecule has 0 unspecified atom stereocenters. The van der Waals surface area contributed by atoms with Crippen LogP contribution in [0.1, 0.15) is 5.56 Å². The Morgan fingerprint density at radius 2 is 1.62 bits per heavy atom. The lowest BCUT2D eigenvalue weighted by molar-refractivity contribution is -0.111. The van der Waals surface area contributed by atoms with Gasteiger partial charge in [0.2, 0.25) is 5.91 Å². The molecule has 7 heteroatoms. The molecule has 1 amide bonds. The van der Waals surface area contributed by atoms with Gasteiger partial charge in [0.15, 0.2) is 23.1 Å². The summed E-state index contributed by atoms with van der Waals surface area (Å²) in [4.78, 5) is 11.8. The average molecular weight is 337 g/mol. The van der Waals surface area contributed by atoms with Crippen LogP contribution in [-0.4, -0.2) is 20.1 Å². The maximum atomic E-state index is 13.5. The number of methoxy groups -OCH3 is 2. The second kappa shape index (κ2) is 7.54. The number of benzene rings is 2. The van der Waals surface area contributed by atoms with Crippen LogP contribution in [0.25, 0.3) is 6.08 Å². The molecular weight excluding hydrogens is 323 g/mol. The molecule has 2 rings (SSSR count). The van der Waals surface area contributed by atoms with Crippen molar-refractivity contribution in [3.63, 3.8) is 0 Å². The molecule has 0 aliphatic carbocycles. The van der Waals surface area contributed by atoms with Crippen molar-refractivity contribution in [1.82, 2.24) is 0 Å². The molecule has 1 N–H and O–H groups in total. The second-order valence-electron chi connectivity index (χ2n) is 4.68. The van der Waals surface area contributed by atoms with E-state index in [-0.39, 0.29) is 0 Å². The normalized spacial score (nSPS) is 10.7. The summed E-state index contributed by atoms with van der Waals surface area (Å²) in [5.74, 6) is -3.34. The van der Waals surface area contributed by atoms with Crippen LogP contribution in [0.4, 0.5) is 18.9 Å². The first-order valence-electron chi connectivity index (χ1n) is 6.80. The number of rotatable bonds is 5. The SMILES string of the molecule is COc1ccc(C=CC(=O)Nc2cc(F)c(F)cc2F)cc1OC. The topological polar surface area (TPSA) is 47.6 Å². The van der Waals surface area contributed by atoms with Gasteiger partial charge in [0.25, 0.3) is 0 Å². The van der Waals surface area contributed by atoms with Gasteiger partial charge in [-0.2, -0.15) is 0 Å². The van der Waals surface area contributed by atoms with Gasteiger partial charge in [-0.1, -0.05) is 6.07 Å². The van der Waals surface area contributed by atoms with Crippen LogP contribution in [-0.2, 0) is 4.79 Å². The Balaban J connectivity index is 2.12. The second-order valence-corrected chi connectivity index (χ2v) is 4.68. The fourth-order valence-electron chi connectivity index (χ4n) is 1.92. The molecule has 24 heavy (non-hydrogen) atoms. The Morgan fingerprint density at radius 1 is 0.958 bits per heavy atom. The molecule has 0 aliphatic heterocycles. The molecule has 0 heterocycles. The minimum Gasteiger partial charge on any atom is -0.493 e. The van der Waals surface area contributed by atoms with E-state index < -0.39 is 29.0 Å². The Kier molecular flexibility index (Phi) is 5.47. The van der Waals surface area contributed by atoms with Crippen molar-refractivity contribution in [3.8, 4) is 11.5 Å². The van der Waals surface area contributed by atoms with E-state index in [1.165, 1.54) is 20.3 Å². The van der Waals surface area contributed by atoms with Gasteiger partial charge in [0.1, 0.15) is 5.82 Å². The maximum Gasteiger partial charge on any atom is 0.248 e. The lowest BCUT2D eigenvalue weighted by atomic mass is 10.2. The van der Waals surface area contributed by atoms with Crippen LogP contribution in [0.2, 0.25) is 0 Å². The molecule has 0 fully saturated rings. The summed E-state index contributed by atoms with van der Waals surface area (Å²) < 4.78 is 49.6. The Morgan fingerprint density at radius 3 is 2.29 bits per heavy atom. The summed E-state index contributed by atoms with van der Waals surface area (Å²) in [6.45, 7) is 0. The molecule has 0 aromatic heterocycles. The van der Waals surface area contributed by atoms with E-state index in [1.54, 1.807) is 18.2 Å². The highest BCUT2D eigenvalue weighted by Crippen LogP contribution is 2.28. The highest BCUT2D eigenvalue weighted by atomic mass is 19.2. The fourth-order valence-corrected chi connectivity index (χ4v) is 1.92. The minimum absolute atomic E-state index is 0.364. The van der Waals surface area contributed by atoms with Gasteiger partial charge in [-0.25, -0.2) is 13.2 Å². The third kappa shape index (κ3) is 4.07. The number of anilines is 1. The molecule has 0 radical (unpaired) electrons. The third-order valence-electron chi connectivity index (χ3n) is 3.10. The van der Waals surface area contributed by atoms with Crippen LogP contribution in [0.15, 0.2) is 36.4 Å². The molecule has 0 bridgehead atoms. The van der Waals surface area contributed by atoms with Gasteiger partial charge >= 0.3 is 0 Å². The molecular formula is C17H14F3NO3. The summed E-state index contributed by atoms with van der Waals surface area (Å²) in [6.07, 6.45) is 2.58. The molecule has 0 saturated heterocycles. The van der Waals surface area contributed by atoms with Crippen molar-refractivity contribution < 1.29 is 27.4 Å². The monoisotopic (exact) mass is 337 g/mol. The highest BCUT2D eigenvalue weighted by Gasteiger charge is 2.11. The first kappa shape index (κ1) is 17.4. The summed E-state index contributed by atoms with van der Waals surface area (Å²) >= 11 is 0. The zero-order valence-electron chi connectivity index (χ0n) is 12.9. The molecule has 0 atom stereocenters. The first-order valence-corrected chi connectivity index (χ1v) is 6.80. The third-order valence-corrected chi connectivity index (χ3v) is 3.10. The molecule has 2 aromatic rings. The molecule has 0 aliphatic rings. The quantitative estimate of drug-likeness (QED) is 0.667. The first-order chi connectivity index (χ1) is 11.4. The van der Waals surface area contributed by atoms with Crippen molar-refractivity contribution in [2.45, 2.75) is 0 Å². The lowest BCUT2D eigenvalue weighted by Crippen LogP contribution is -2.10. The Hall–Kier alpha value is -2.96. The Bertz CT molecular complexity index is 791. The largest absolute Gasteiger partial charge is 0.493 e. The van der Waals surface area contributed by atoms with E-state index in [0.717, 1.165) is 6.08 Å². The fraction of sp³-hybridized carbons (Fsp3) is 0.118. The van der Waals surface area contributed by atoms with Crippen LogP contribution in [0.5, 0.6) is 11.5 Å². The molecule has 0 saturated carbocycles. The number of hydrogen-bond donors (Lipinski definition) is 1. The number of amides is 1. The van der Waals surface area contributed by atoms with E-state index in [2.05, 4.69) is 5.32 Å². The number of ether oxygens (including phenoxy) is 2. The van der Waals surface area contributed by atoms with Gasteiger partial charge in [0.05, 0.1) is 19.9 Å².